The van der Waals surface area contributed by atoms with Gasteiger partial charge in [-0.05, 0) is 55.7 Å². The molecule has 0 aliphatic carbocycles. The fourth-order valence-electron chi connectivity index (χ4n) is 4.38. The van der Waals surface area contributed by atoms with Crippen molar-refractivity contribution in [3.05, 3.63) is 40.6 Å². The maximum atomic E-state index is 6.18. The van der Waals surface area contributed by atoms with Crippen LogP contribution in [-0.4, -0.2) is 36.1 Å². The summed E-state index contributed by atoms with van der Waals surface area (Å²) in [5.41, 5.74) is 7.66. The van der Waals surface area contributed by atoms with Crippen LogP contribution in [0.4, 0.5) is 17.3 Å². The molecule has 1 aromatic carbocycles. The average molecular weight is 406 g/mol. The molecule has 0 atom stereocenters. The van der Waals surface area contributed by atoms with E-state index in [1.54, 1.807) is 12.4 Å². The smallest absolute Gasteiger partial charge is 0.225 e. The Morgan fingerprint density at radius 1 is 0.852 bits per heavy atom. The van der Waals surface area contributed by atoms with Crippen LogP contribution in [0.15, 0.2) is 30.6 Å². The fourth-order valence-corrected chi connectivity index (χ4v) is 4.65. The first-order valence-electron chi connectivity index (χ1n) is 9.62. The number of nitrogens with two attached hydrogens (primary N) is 1. The summed E-state index contributed by atoms with van der Waals surface area (Å²) in [5, 5.41) is 1.23. The predicted octanol–water partition coefficient (Wildman–Crippen LogP) is 4.50. The summed E-state index contributed by atoms with van der Waals surface area (Å²) in [4.78, 5) is 13.4. The maximum absolute atomic E-state index is 6.18. The van der Waals surface area contributed by atoms with E-state index in [2.05, 4.69) is 25.8 Å². The first kappa shape index (κ1) is 18.6. The molecule has 144 valence electrons. The van der Waals surface area contributed by atoms with Crippen LogP contribution in [-0.2, 0) is 0 Å². The van der Waals surface area contributed by atoms with Crippen molar-refractivity contribution in [3.8, 4) is 0 Å². The second-order valence-corrected chi connectivity index (χ2v) is 8.40. The molecule has 0 bridgehead atoms. The molecule has 0 saturated carbocycles. The van der Waals surface area contributed by atoms with Crippen molar-refractivity contribution >= 4 is 40.5 Å². The number of hydrogen-bond acceptors (Lipinski definition) is 5. The number of benzene rings is 1. The molecule has 2 aromatic rings. The lowest BCUT2D eigenvalue weighted by Crippen LogP contribution is -2.41. The van der Waals surface area contributed by atoms with Crippen molar-refractivity contribution in [1.82, 2.24) is 9.97 Å². The Morgan fingerprint density at radius 3 is 1.96 bits per heavy atom. The van der Waals surface area contributed by atoms with Gasteiger partial charge in [0.1, 0.15) is 0 Å². The van der Waals surface area contributed by atoms with Crippen LogP contribution in [0.1, 0.15) is 25.7 Å². The highest BCUT2D eigenvalue weighted by Gasteiger charge is 2.30. The lowest BCUT2D eigenvalue weighted by molar-refractivity contribution is 0.232. The number of rotatable bonds is 3. The summed E-state index contributed by atoms with van der Waals surface area (Å²) in [6.45, 7) is 4.23. The lowest BCUT2D eigenvalue weighted by Gasteiger charge is -2.41. The van der Waals surface area contributed by atoms with E-state index in [0.29, 0.717) is 15.7 Å². The molecule has 2 saturated heterocycles. The van der Waals surface area contributed by atoms with Crippen molar-refractivity contribution in [1.29, 1.82) is 0 Å². The topological polar surface area (TPSA) is 58.3 Å². The predicted molar refractivity (Wildman–Crippen MR) is 113 cm³/mol. The Kier molecular flexibility index (Phi) is 5.60. The van der Waals surface area contributed by atoms with Crippen LogP contribution in [0.5, 0.6) is 0 Å². The maximum Gasteiger partial charge on any atom is 0.225 e. The molecule has 2 fully saturated rings. The Hall–Kier alpha value is -1.72. The molecule has 1 aromatic heterocycles. The largest absolute Gasteiger partial charge is 0.398 e. The lowest BCUT2D eigenvalue weighted by atomic mass is 9.79. The van der Waals surface area contributed by atoms with Gasteiger partial charge in [-0.3, -0.25) is 0 Å². The van der Waals surface area contributed by atoms with E-state index in [-0.39, 0.29) is 0 Å². The van der Waals surface area contributed by atoms with Crippen molar-refractivity contribution in [2.75, 3.05) is 41.7 Å². The van der Waals surface area contributed by atoms with Crippen LogP contribution in [0.3, 0.4) is 0 Å². The van der Waals surface area contributed by atoms with E-state index >= 15 is 0 Å². The monoisotopic (exact) mass is 405 g/mol. The van der Waals surface area contributed by atoms with Crippen LogP contribution in [0.25, 0.3) is 0 Å². The summed E-state index contributed by atoms with van der Waals surface area (Å²) in [7, 11) is 0. The molecule has 7 heteroatoms. The summed E-state index contributed by atoms with van der Waals surface area (Å²) in [6, 6.07) is 5.96. The zero-order valence-corrected chi connectivity index (χ0v) is 16.8. The van der Waals surface area contributed by atoms with Gasteiger partial charge in [0.25, 0.3) is 0 Å². The zero-order valence-electron chi connectivity index (χ0n) is 15.3. The van der Waals surface area contributed by atoms with Gasteiger partial charge in [-0.15, -0.1) is 0 Å². The summed E-state index contributed by atoms with van der Waals surface area (Å²) >= 11 is 12.1. The van der Waals surface area contributed by atoms with Crippen molar-refractivity contribution in [2.24, 2.45) is 11.8 Å². The van der Waals surface area contributed by atoms with E-state index in [1.807, 2.05) is 12.1 Å². The van der Waals surface area contributed by atoms with Gasteiger partial charge in [0, 0.05) is 31.9 Å². The second-order valence-electron chi connectivity index (χ2n) is 7.56. The van der Waals surface area contributed by atoms with Crippen LogP contribution in [0.2, 0.25) is 10.0 Å². The first-order chi connectivity index (χ1) is 13.1. The third-order valence-electron chi connectivity index (χ3n) is 5.98. The van der Waals surface area contributed by atoms with Gasteiger partial charge in [0.2, 0.25) is 5.95 Å². The molecule has 0 spiro atoms. The first-order valence-corrected chi connectivity index (χ1v) is 10.4. The molecular weight excluding hydrogens is 381 g/mol. The van der Waals surface area contributed by atoms with Gasteiger partial charge >= 0.3 is 0 Å². The summed E-state index contributed by atoms with van der Waals surface area (Å²) < 4.78 is 0. The Bertz CT molecular complexity index is 766. The molecule has 2 aliphatic heterocycles. The Labute approximate surface area is 170 Å². The highest BCUT2D eigenvalue weighted by atomic mass is 35.5. The fraction of sp³-hybridized carbons (Fsp3) is 0.500. The highest BCUT2D eigenvalue weighted by molar-refractivity contribution is 6.33. The third kappa shape index (κ3) is 4.25. The molecule has 2 N–H and O–H groups in total. The molecule has 5 nitrogen and oxygen atoms in total. The van der Waals surface area contributed by atoms with E-state index in [1.165, 1.54) is 31.4 Å². The van der Waals surface area contributed by atoms with Gasteiger partial charge in [-0.1, -0.05) is 23.2 Å². The Balaban J connectivity index is 1.29. The molecule has 27 heavy (non-hydrogen) atoms. The number of piperidine rings is 2. The van der Waals surface area contributed by atoms with E-state index < -0.39 is 0 Å². The molecule has 0 amide bonds. The minimum atomic E-state index is 0.586. The van der Waals surface area contributed by atoms with Crippen molar-refractivity contribution in [3.63, 3.8) is 0 Å². The molecular formula is C20H25Cl2N5. The van der Waals surface area contributed by atoms with E-state index in [9.17, 15) is 0 Å². The standard InChI is InChI=1S/C20H25Cl2N5/c21-16-12-24-20(25-13-16)27-9-5-15(6-10-27)14-3-7-26(8-4-14)17-1-2-19(23)18(22)11-17/h1-2,11-15H,3-10,23H2. The van der Waals surface area contributed by atoms with Gasteiger partial charge in [0.05, 0.1) is 28.1 Å². The molecule has 0 radical (unpaired) electrons. The van der Waals surface area contributed by atoms with Crippen LogP contribution in [0, 0.1) is 11.8 Å². The van der Waals surface area contributed by atoms with E-state index in [0.717, 1.165) is 44.0 Å². The third-order valence-corrected chi connectivity index (χ3v) is 6.51. The van der Waals surface area contributed by atoms with Gasteiger partial charge in [-0.25, -0.2) is 9.97 Å². The number of anilines is 3. The summed E-state index contributed by atoms with van der Waals surface area (Å²) in [6.07, 6.45) is 8.26. The minimum absolute atomic E-state index is 0.586. The normalized spacial score (nSPS) is 19.5. The van der Waals surface area contributed by atoms with Crippen LogP contribution >= 0.6 is 23.2 Å². The molecule has 0 unspecified atom stereocenters. The SMILES string of the molecule is Nc1ccc(N2CCC(C3CCN(c4ncc(Cl)cn4)CC3)CC2)cc1Cl. The Morgan fingerprint density at radius 2 is 1.41 bits per heavy atom. The van der Waals surface area contributed by atoms with Gasteiger partial charge in [0.15, 0.2) is 0 Å². The number of nitrogen functional groups attached to an aromatic ring is 1. The van der Waals surface area contributed by atoms with Crippen molar-refractivity contribution in [2.45, 2.75) is 25.7 Å². The highest BCUT2D eigenvalue weighted by Crippen LogP contribution is 2.35. The summed E-state index contributed by atoms with van der Waals surface area (Å²) in [5.74, 6) is 2.40. The number of halogens is 2. The number of nitrogens with zero attached hydrogens (tertiary/aromatic N) is 4. The zero-order chi connectivity index (χ0) is 18.8. The number of aromatic nitrogens is 2. The molecule has 2 aliphatic rings. The second kappa shape index (κ2) is 8.11. The molecule has 4 rings (SSSR count). The quantitative estimate of drug-likeness (QED) is 0.761. The van der Waals surface area contributed by atoms with Gasteiger partial charge in [-0.2, -0.15) is 0 Å². The van der Waals surface area contributed by atoms with Gasteiger partial charge < -0.3 is 15.5 Å². The van der Waals surface area contributed by atoms with Crippen LogP contribution < -0.4 is 15.5 Å². The molecule has 3 heterocycles. The van der Waals surface area contributed by atoms with Crippen molar-refractivity contribution < 1.29 is 0 Å². The van der Waals surface area contributed by atoms with E-state index in [4.69, 9.17) is 28.9 Å². The average Bonchev–Trinajstić information content (AvgIpc) is 2.71. The number of hydrogen-bond donors (Lipinski definition) is 1. The minimum Gasteiger partial charge on any atom is -0.398 e.